The van der Waals surface area contributed by atoms with E-state index in [1.807, 2.05) is 24.5 Å². The number of morpholine rings is 1. The van der Waals surface area contributed by atoms with Gasteiger partial charge < -0.3 is 4.74 Å². The van der Waals surface area contributed by atoms with Gasteiger partial charge in [0.15, 0.2) is 0 Å². The molecule has 0 bridgehead atoms. The van der Waals surface area contributed by atoms with Crippen molar-refractivity contribution in [1.29, 1.82) is 0 Å². The van der Waals surface area contributed by atoms with Crippen LogP contribution in [0.25, 0.3) is 0 Å². The minimum atomic E-state index is 0.202. The molecule has 0 aliphatic carbocycles. The lowest BCUT2D eigenvalue weighted by atomic mass is 9.81. The van der Waals surface area contributed by atoms with Crippen LogP contribution in [0.4, 0.5) is 0 Å². The second-order valence-electron chi connectivity index (χ2n) is 6.81. The fourth-order valence-electron chi connectivity index (χ4n) is 3.92. The number of rotatable bonds is 5. The van der Waals surface area contributed by atoms with Crippen molar-refractivity contribution in [2.24, 2.45) is 0 Å². The van der Waals surface area contributed by atoms with Crippen molar-refractivity contribution in [2.75, 3.05) is 26.3 Å². The fraction of sp³-hybridized carbons (Fsp3) is 0.261. The number of hydrogen-bond acceptors (Lipinski definition) is 3. The summed E-state index contributed by atoms with van der Waals surface area (Å²) in [4.78, 5) is 6.76. The van der Waals surface area contributed by atoms with E-state index in [0.29, 0.717) is 0 Å². The summed E-state index contributed by atoms with van der Waals surface area (Å²) in [6, 6.07) is 23.5. The van der Waals surface area contributed by atoms with Gasteiger partial charge >= 0.3 is 0 Å². The maximum atomic E-state index is 6.17. The minimum absolute atomic E-state index is 0.202. The molecule has 3 aromatic rings. The monoisotopic (exact) mass is 378 g/mol. The topological polar surface area (TPSA) is 25.4 Å². The highest BCUT2D eigenvalue weighted by molar-refractivity contribution is 6.30. The quantitative estimate of drug-likeness (QED) is 0.628. The molecule has 0 saturated carbocycles. The summed E-state index contributed by atoms with van der Waals surface area (Å²) in [6.45, 7) is 3.37. The lowest BCUT2D eigenvalue weighted by Gasteiger charge is -2.40. The van der Waals surface area contributed by atoms with Crippen LogP contribution in [0, 0.1) is 0 Å². The van der Waals surface area contributed by atoms with E-state index in [1.165, 1.54) is 16.7 Å². The van der Waals surface area contributed by atoms with Crippen molar-refractivity contribution < 1.29 is 4.74 Å². The molecule has 1 aliphatic rings. The van der Waals surface area contributed by atoms with Crippen molar-refractivity contribution in [1.82, 2.24) is 9.88 Å². The summed E-state index contributed by atoms with van der Waals surface area (Å²) >= 11 is 6.17. The zero-order valence-electron chi connectivity index (χ0n) is 15.2. The van der Waals surface area contributed by atoms with E-state index >= 15 is 0 Å². The Morgan fingerprint density at radius 2 is 1.41 bits per heavy atom. The molecule has 0 N–H and O–H groups in total. The van der Waals surface area contributed by atoms with Crippen LogP contribution < -0.4 is 0 Å². The summed E-state index contributed by atoms with van der Waals surface area (Å²) < 4.78 is 5.62. The van der Waals surface area contributed by atoms with Crippen LogP contribution in [0.5, 0.6) is 0 Å². The first kappa shape index (κ1) is 18.2. The number of benzene rings is 2. The van der Waals surface area contributed by atoms with Crippen LogP contribution in [-0.2, 0) is 4.74 Å². The number of halogens is 1. The molecule has 1 aliphatic heterocycles. The maximum Gasteiger partial charge on any atom is 0.0594 e. The molecule has 2 atom stereocenters. The number of ether oxygens (including phenoxy) is 1. The van der Waals surface area contributed by atoms with Crippen molar-refractivity contribution in [3.63, 3.8) is 0 Å². The summed E-state index contributed by atoms with van der Waals surface area (Å²) in [5, 5.41) is 0.764. The smallest absolute Gasteiger partial charge is 0.0594 e. The third-order valence-corrected chi connectivity index (χ3v) is 5.44. The summed E-state index contributed by atoms with van der Waals surface area (Å²) in [6.07, 6.45) is 3.76. The standard InChI is InChI=1S/C23H23ClN2O/c24-21-8-6-20(7-9-21)23(26-14-16-27-17-15-26)22(18-4-2-1-3-5-18)19-10-12-25-13-11-19/h1-13,22-23H,14-17H2. The van der Waals surface area contributed by atoms with E-state index in [0.717, 1.165) is 31.3 Å². The molecular weight excluding hydrogens is 356 g/mol. The Hall–Kier alpha value is -2.20. The number of nitrogens with zero attached hydrogens (tertiary/aromatic N) is 2. The van der Waals surface area contributed by atoms with Gasteiger partial charge in [-0.05, 0) is 41.0 Å². The largest absolute Gasteiger partial charge is 0.379 e. The second kappa shape index (κ2) is 8.66. The molecule has 0 radical (unpaired) electrons. The summed E-state index contributed by atoms with van der Waals surface area (Å²) in [5.41, 5.74) is 3.84. The molecule has 0 amide bonds. The van der Waals surface area contributed by atoms with Crippen molar-refractivity contribution >= 4 is 11.6 Å². The van der Waals surface area contributed by atoms with Gasteiger partial charge in [-0.15, -0.1) is 0 Å². The Bertz CT molecular complexity index is 794. The molecule has 1 fully saturated rings. The normalized spacial score (nSPS) is 17.4. The first-order chi connectivity index (χ1) is 13.3. The Balaban J connectivity index is 1.84. The van der Waals surface area contributed by atoms with Crippen LogP contribution in [0.2, 0.25) is 5.02 Å². The number of aromatic nitrogens is 1. The number of hydrogen-bond donors (Lipinski definition) is 0. The van der Waals surface area contributed by atoms with Crippen molar-refractivity contribution in [3.05, 3.63) is 101 Å². The van der Waals surface area contributed by atoms with Gasteiger partial charge in [-0.1, -0.05) is 54.1 Å². The van der Waals surface area contributed by atoms with Crippen LogP contribution in [0.1, 0.15) is 28.7 Å². The van der Waals surface area contributed by atoms with Gasteiger partial charge in [0.25, 0.3) is 0 Å². The molecule has 1 aromatic heterocycles. The molecule has 2 heterocycles. The van der Waals surface area contributed by atoms with Gasteiger partial charge in [0, 0.05) is 42.5 Å². The third kappa shape index (κ3) is 4.22. The Kier molecular flexibility index (Phi) is 5.83. The second-order valence-corrected chi connectivity index (χ2v) is 7.25. The molecule has 0 spiro atoms. The zero-order valence-corrected chi connectivity index (χ0v) is 15.9. The average Bonchev–Trinajstić information content (AvgIpc) is 2.75. The Morgan fingerprint density at radius 1 is 0.778 bits per heavy atom. The fourth-order valence-corrected chi connectivity index (χ4v) is 4.04. The third-order valence-electron chi connectivity index (χ3n) is 5.19. The molecule has 4 heteroatoms. The summed E-state index contributed by atoms with van der Waals surface area (Å²) in [5.74, 6) is 0.202. The number of pyridine rings is 1. The first-order valence-electron chi connectivity index (χ1n) is 9.35. The predicted octanol–water partition coefficient (Wildman–Crippen LogP) is 4.94. The van der Waals surface area contributed by atoms with E-state index in [1.54, 1.807) is 0 Å². The maximum absolute atomic E-state index is 6.17. The molecule has 27 heavy (non-hydrogen) atoms. The van der Waals surface area contributed by atoms with E-state index in [4.69, 9.17) is 16.3 Å². The van der Waals surface area contributed by atoms with Crippen LogP contribution in [0.15, 0.2) is 79.1 Å². The van der Waals surface area contributed by atoms with Gasteiger partial charge in [-0.3, -0.25) is 9.88 Å². The van der Waals surface area contributed by atoms with Gasteiger partial charge in [0.05, 0.1) is 13.2 Å². The summed E-state index contributed by atoms with van der Waals surface area (Å²) in [7, 11) is 0. The lowest BCUT2D eigenvalue weighted by molar-refractivity contribution is 0.0125. The van der Waals surface area contributed by atoms with Gasteiger partial charge in [0.1, 0.15) is 0 Å². The molecular formula is C23H23ClN2O. The molecule has 3 nitrogen and oxygen atoms in total. The van der Waals surface area contributed by atoms with Crippen molar-refractivity contribution in [2.45, 2.75) is 12.0 Å². The van der Waals surface area contributed by atoms with E-state index in [-0.39, 0.29) is 12.0 Å². The highest BCUT2D eigenvalue weighted by atomic mass is 35.5. The zero-order chi connectivity index (χ0) is 18.5. The van der Waals surface area contributed by atoms with E-state index in [2.05, 4.69) is 64.5 Å². The SMILES string of the molecule is Clc1ccc(C(C(c2ccccc2)c2ccncc2)N2CCOCC2)cc1. The molecule has 1 saturated heterocycles. The van der Waals surface area contributed by atoms with Crippen LogP contribution in [-0.4, -0.2) is 36.2 Å². The molecule has 2 aromatic carbocycles. The van der Waals surface area contributed by atoms with Crippen LogP contribution in [0.3, 0.4) is 0 Å². The Morgan fingerprint density at radius 3 is 2.07 bits per heavy atom. The molecule has 138 valence electrons. The molecule has 4 rings (SSSR count). The van der Waals surface area contributed by atoms with Gasteiger partial charge in [-0.25, -0.2) is 0 Å². The minimum Gasteiger partial charge on any atom is -0.379 e. The highest BCUT2D eigenvalue weighted by Gasteiger charge is 2.32. The Labute approximate surface area is 165 Å². The highest BCUT2D eigenvalue weighted by Crippen LogP contribution is 2.41. The van der Waals surface area contributed by atoms with Gasteiger partial charge in [-0.2, -0.15) is 0 Å². The first-order valence-corrected chi connectivity index (χ1v) is 9.73. The van der Waals surface area contributed by atoms with Gasteiger partial charge in [0.2, 0.25) is 0 Å². The predicted molar refractivity (Wildman–Crippen MR) is 109 cm³/mol. The molecule has 2 unspecified atom stereocenters. The van der Waals surface area contributed by atoms with E-state index in [9.17, 15) is 0 Å². The lowest BCUT2D eigenvalue weighted by Crippen LogP contribution is -2.41. The van der Waals surface area contributed by atoms with Crippen LogP contribution >= 0.6 is 11.6 Å². The van der Waals surface area contributed by atoms with Crippen molar-refractivity contribution in [3.8, 4) is 0 Å². The van der Waals surface area contributed by atoms with E-state index < -0.39 is 0 Å². The average molecular weight is 379 g/mol.